The van der Waals surface area contributed by atoms with E-state index in [0.717, 1.165) is 15.7 Å². The van der Waals surface area contributed by atoms with Gasteiger partial charge in [-0.05, 0) is 51.8 Å². The molecule has 0 aromatic heterocycles. The van der Waals surface area contributed by atoms with Gasteiger partial charge in [0.2, 0.25) is 0 Å². The van der Waals surface area contributed by atoms with Crippen LogP contribution < -0.4 is 5.32 Å². The minimum Gasteiger partial charge on any atom is -0.380 e. The normalized spacial score (nSPS) is 10.0. The summed E-state index contributed by atoms with van der Waals surface area (Å²) in [6.45, 7) is 0.584. The molecule has 0 aliphatic carbocycles. The highest BCUT2D eigenvalue weighted by molar-refractivity contribution is 9.10. The monoisotopic (exact) mass is 354 g/mol. The van der Waals surface area contributed by atoms with Gasteiger partial charge in [-0.2, -0.15) is 5.26 Å². The number of hydrogen-bond donors (Lipinski definition) is 1. The Morgan fingerprint density at radius 1 is 1.16 bits per heavy atom. The fourth-order valence-corrected chi connectivity index (χ4v) is 2.58. The Kier molecular flexibility index (Phi) is 4.71. The molecule has 0 atom stereocenters. The molecule has 2 aromatic carbocycles. The van der Waals surface area contributed by atoms with E-state index in [0.29, 0.717) is 22.2 Å². The summed E-state index contributed by atoms with van der Waals surface area (Å²) in [5.74, 6) is 0. The highest BCUT2D eigenvalue weighted by Gasteiger charge is 2.04. The van der Waals surface area contributed by atoms with E-state index in [9.17, 15) is 0 Å². The van der Waals surface area contributed by atoms with Gasteiger partial charge in [0.1, 0.15) is 0 Å². The fraction of sp³-hybridized carbons (Fsp3) is 0.0714. The van der Waals surface area contributed by atoms with Gasteiger partial charge in [-0.15, -0.1) is 0 Å². The molecule has 0 amide bonds. The first-order valence-electron chi connectivity index (χ1n) is 5.47. The predicted molar refractivity (Wildman–Crippen MR) is 82.6 cm³/mol. The summed E-state index contributed by atoms with van der Waals surface area (Å²) in [4.78, 5) is 0. The Labute approximate surface area is 130 Å². The lowest BCUT2D eigenvalue weighted by Gasteiger charge is -2.10. The third kappa shape index (κ3) is 3.63. The molecular weight excluding hydrogens is 347 g/mol. The smallest absolute Gasteiger partial charge is 0.0992 e. The first-order chi connectivity index (χ1) is 9.10. The number of hydrogen-bond acceptors (Lipinski definition) is 2. The zero-order chi connectivity index (χ0) is 13.8. The van der Waals surface area contributed by atoms with Crippen molar-refractivity contribution in [3.8, 4) is 6.07 Å². The largest absolute Gasteiger partial charge is 0.380 e. The molecule has 0 unspecified atom stereocenters. The van der Waals surface area contributed by atoms with Gasteiger partial charge >= 0.3 is 0 Å². The van der Waals surface area contributed by atoms with Gasteiger partial charge in [0, 0.05) is 26.8 Å². The Balaban J connectivity index is 2.13. The SMILES string of the molecule is N#Cc1ccc(NCc2ccc(Cl)cc2Cl)c(Br)c1. The number of benzene rings is 2. The van der Waals surface area contributed by atoms with Crippen LogP contribution in [0.25, 0.3) is 0 Å². The second-order valence-electron chi connectivity index (χ2n) is 3.90. The van der Waals surface area contributed by atoms with Gasteiger partial charge in [-0.1, -0.05) is 29.3 Å². The summed E-state index contributed by atoms with van der Waals surface area (Å²) < 4.78 is 0.844. The van der Waals surface area contributed by atoms with Crippen LogP contribution in [0.1, 0.15) is 11.1 Å². The first-order valence-corrected chi connectivity index (χ1v) is 7.02. The van der Waals surface area contributed by atoms with Crippen molar-refractivity contribution in [2.75, 3.05) is 5.32 Å². The lowest BCUT2D eigenvalue weighted by atomic mass is 10.2. The van der Waals surface area contributed by atoms with Gasteiger partial charge < -0.3 is 5.32 Å². The summed E-state index contributed by atoms with van der Waals surface area (Å²) in [5.41, 5.74) is 2.48. The number of rotatable bonds is 3. The van der Waals surface area contributed by atoms with Crippen molar-refractivity contribution < 1.29 is 0 Å². The molecule has 2 nitrogen and oxygen atoms in total. The third-order valence-electron chi connectivity index (χ3n) is 2.58. The molecule has 0 spiro atoms. The summed E-state index contributed by atoms with van der Waals surface area (Å²) in [6, 6.07) is 12.9. The molecule has 2 aromatic rings. The first kappa shape index (κ1) is 14.2. The number of nitrogens with one attached hydrogen (secondary N) is 1. The average Bonchev–Trinajstić information content (AvgIpc) is 2.39. The summed E-state index contributed by atoms with van der Waals surface area (Å²) >= 11 is 15.4. The maximum atomic E-state index is 8.80. The molecule has 0 bridgehead atoms. The minimum atomic E-state index is 0.584. The van der Waals surface area contributed by atoms with Crippen molar-refractivity contribution in [1.29, 1.82) is 5.26 Å². The number of anilines is 1. The van der Waals surface area contributed by atoms with Crippen molar-refractivity contribution in [2.24, 2.45) is 0 Å². The Morgan fingerprint density at radius 3 is 2.58 bits per heavy atom. The Morgan fingerprint density at radius 2 is 1.95 bits per heavy atom. The van der Waals surface area contributed by atoms with Crippen LogP contribution in [0.4, 0.5) is 5.69 Å². The third-order valence-corrected chi connectivity index (χ3v) is 3.83. The van der Waals surface area contributed by atoms with Crippen LogP contribution in [0.2, 0.25) is 10.0 Å². The molecule has 96 valence electrons. The van der Waals surface area contributed by atoms with Crippen LogP contribution in [0, 0.1) is 11.3 Å². The molecule has 0 heterocycles. The second kappa shape index (κ2) is 6.29. The van der Waals surface area contributed by atoms with Crippen molar-refractivity contribution in [3.63, 3.8) is 0 Å². The van der Waals surface area contributed by atoms with E-state index in [-0.39, 0.29) is 0 Å². The van der Waals surface area contributed by atoms with Gasteiger partial charge in [0.05, 0.1) is 11.6 Å². The Bertz CT molecular complexity index is 650. The van der Waals surface area contributed by atoms with Crippen LogP contribution in [0.3, 0.4) is 0 Å². The van der Waals surface area contributed by atoms with E-state index >= 15 is 0 Å². The molecule has 0 saturated carbocycles. The van der Waals surface area contributed by atoms with Crippen molar-refractivity contribution in [1.82, 2.24) is 0 Å². The molecule has 0 aliphatic heterocycles. The lowest BCUT2D eigenvalue weighted by Crippen LogP contribution is -2.00. The van der Waals surface area contributed by atoms with Gasteiger partial charge in [-0.3, -0.25) is 0 Å². The molecular formula is C14H9BrCl2N2. The second-order valence-corrected chi connectivity index (χ2v) is 5.59. The van der Waals surface area contributed by atoms with Crippen molar-refractivity contribution in [3.05, 3.63) is 62.0 Å². The highest BCUT2D eigenvalue weighted by Crippen LogP contribution is 2.26. The fourth-order valence-electron chi connectivity index (χ4n) is 1.58. The van der Waals surface area contributed by atoms with E-state index in [2.05, 4.69) is 27.3 Å². The van der Waals surface area contributed by atoms with Crippen molar-refractivity contribution >= 4 is 44.8 Å². The molecule has 2 rings (SSSR count). The molecule has 5 heteroatoms. The Hall–Kier alpha value is -1.21. The van der Waals surface area contributed by atoms with E-state index in [1.165, 1.54) is 0 Å². The average molecular weight is 356 g/mol. The van der Waals surface area contributed by atoms with E-state index in [4.69, 9.17) is 28.5 Å². The number of nitriles is 1. The topological polar surface area (TPSA) is 35.8 Å². The summed E-state index contributed by atoms with van der Waals surface area (Å²) in [7, 11) is 0. The zero-order valence-corrected chi connectivity index (χ0v) is 12.9. The summed E-state index contributed by atoms with van der Waals surface area (Å²) in [6.07, 6.45) is 0. The van der Waals surface area contributed by atoms with Crippen LogP contribution >= 0.6 is 39.1 Å². The van der Waals surface area contributed by atoms with Crippen LogP contribution in [0.5, 0.6) is 0 Å². The maximum absolute atomic E-state index is 8.80. The minimum absolute atomic E-state index is 0.584. The van der Waals surface area contributed by atoms with Gasteiger partial charge in [0.15, 0.2) is 0 Å². The van der Waals surface area contributed by atoms with E-state index in [1.54, 1.807) is 24.3 Å². The molecule has 0 aliphatic rings. The van der Waals surface area contributed by atoms with Crippen LogP contribution in [-0.4, -0.2) is 0 Å². The predicted octanol–water partition coefficient (Wildman–Crippen LogP) is 5.24. The van der Waals surface area contributed by atoms with E-state index < -0.39 is 0 Å². The molecule has 19 heavy (non-hydrogen) atoms. The van der Waals surface area contributed by atoms with Crippen molar-refractivity contribution in [2.45, 2.75) is 6.54 Å². The highest BCUT2D eigenvalue weighted by atomic mass is 79.9. The van der Waals surface area contributed by atoms with Gasteiger partial charge in [-0.25, -0.2) is 0 Å². The molecule has 0 radical (unpaired) electrons. The van der Waals surface area contributed by atoms with Gasteiger partial charge in [0.25, 0.3) is 0 Å². The zero-order valence-electron chi connectivity index (χ0n) is 9.75. The molecule has 1 N–H and O–H groups in total. The number of halogens is 3. The maximum Gasteiger partial charge on any atom is 0.0992 e. The standard InChI is InChI=1S/C14H9BrCl2N2/c15-12-5-9(7-18)1-4-14(12)19-8-10-2-3-11(16)6-13(10)17/h1-6,19H,8H2. The van der Waals surface area contributed by atoms with Crippen LogP contribution in [-0.2, 0) is 6.54 Å². The summed E-state index contributed by atoms with van der Waals surface area (Å²) in [5, 5.41) is 13.3. The molecule has 0 fully saturated rings. The van der Waals surface area contributed by atoms with Crippen LogP contribution in [0.15, 0.2) is 40.9 Å². The lowest BCUT2D eigenvalue weighted by molar-refractivity contribution is 1.15. The van der Waals surface area contributed by atoms with E-state index in [1.807, 2.05) is 12.1 Å². The quantitative estimate of drug-likeness (QED) is 0.817. The number of nitrogens with zero attached hydrogens (tertiary/aromatic N) is 1. The molecule has 0 saturated heterocycles.